The number of carbonyl (C=O) groups excluding carboxylic acids is 1. The highest BCUT2D eigenvalue weighted by atomic mass is 35.5. The van der Waals surface area contributed by atoms with Crippen LogP contribution in [-0.4, -0.2) is 34.6 Å². The first-order valence-corrected chi connectivity index (χ1v) is 7.51. The minimum absolute atomic E-state index is 0.0257. The minimum Gasteiger partial charge on any atom is -0.478 e. The number of halogens is 1. The van der Waals surface area contributed by atoms with Gasteiger partial charge in [-0.2, -0.15) is 0 Å². The van der Waals surface area contributed by atoms with E-state index in [0.717, 1.165) is 25.7 Å². The highest BCUT2D eigenvalue weighted by Gasteiger charge is 2.25. The zero-order chi connectivity index (χ0) is 15.4. The fraction of sp³-hybridized carbons (Fsp3) is 0.467. The van der Waals surface area contributed by atoms with Crippen molar-refractivity contribution >= 4 is 29.3 Å². The molecule has 1 fully saturated rings. The van der Waals surface area contributed by atoms with Gasteiger partial charge >= 0.3 is 12.0 Å². The van der Waals surface area contributed by atoms with Crippen molar-refractivity contribution in [2.75, 3.05) is 11.9 Å². The number of carboxylic acid groups (broad SMARTS) is 1. The molecule has 0 unspecified atom stereocenters. The van der Waals surface area contributed by atoms with Crippen molar-refractivity contribution in [3.63, 3.8) is 0 Å². The standard InChI is InChI=1S/C15H19ClN2O3/c1-2-18(11-5-3-4-6-11)15(21)17-10-7-8-12(14(19)20)13(16)9-10/h7-9,11H,2-6H2,1H3,(H,17,21)(H,19,20). The van der Waals surface area contributed by atoms with Crippen molar-refractivity contribution in [1.82, 2.24) is 4.90 Å². The summed E-state index contributed by atoms with van der Waals surface area (Å²) in [5, 5.41) is 11.8. The van der Waals surface area contributed by atoms with Crippen molar-refractivity contribution in [3.05, 3.63) is 28.8 Å². The summed E-state index contributed by atoms with van der Waals surface area (Å²) in [6.07, 6.45) is 4.40. The first-order chi connectivity index (χ1) is 10.0. The molecule has 2 N–H and O–H groups in total. The number of hydrogen-bond donors (Lipinski definition) is 2. The van der Waals surface area contributed by atoms with Crippen LogP contribution in [-0.2, 0) is 0 Å². The molecule has 2 rings (SSSR count). The van der Waals surface area contributed by atoms with Gasteiger partial charge < -0.3 is 15.3 Å². The molecular formula is C15H19ClN2O3. The topological polar surface area (TPSA) is 69.6 Å². The van der Waals surface area contributed by atoms with Crippen LogP contribution in [0.2, 0.25) is 5.02 Å². The molecule has 6 heteroatoms. The molecule has 0 aromatic heterocycles. The molecule has 2 amide bonds. The largest absolute Gasteiger partial charge is 0.478 e. The second kappa shape index (κ2) is 6.80. The molecule has 21 heavy (non-hydrogen) atoms. The molecule has 0 spiro atoms. The van der Waals surface area contributed by atoms with Crippen LogP contribution in [0.3, 0.4) is 0 Å². The summed E-state index contributed by atoms with van der Waals surface area (Å²) >= 11 is 5.90. The van der Waals surface area contributed by atoms with E-state index in [0.29, 0.717) is 18.3 Å². The van der Waals surface area contributed by atoms with Crippen LogP contribution in [0.15, 0.2) is 18.2 Å². The van der Waals surface area contributed by atoms with Gasteiger partial charge in [0, 0.05) is 18.3 Å². The molecule has 1 aromatic rings. The Balaban J connectivity index is 2.07. The number of anilines is 1. The maximum Gasteiger partial charge on any atom is 0.337 e. The van der Waals surface area contributed by atoms with Crippen LogP contribution in [0, 0.1) is 0 Å². The maximum atomic E-state index is 12.3. The SMILES string of the molecule is CCN(C(=O)Nc1ccc(C(=O)O)c(Cl)c1)C1CCCC1. The number of nitrogens with zero attached hydrogens (tertiary/aromatic N) is 1. The second-order valence-corrected chi connectivity index (χ2v) is 5.56. The monoisotopic (exact) mass is 310 g/mol. The van der Waals surface area contributed by atoms with Crippen LogP contribution in [0.5, 0.6) is 0 Å². The van der Waals surface area contributed by atoms with E-state index in [-0.39, 0.29) is 16.6 Å². The van der Waals surface area contributed by atoms with E-state index in [9.17, 15) is 9.59 Å². The molecule has 1 aromatic carbocycles. The Morgan fingerprint density at radius 2 is 2.05 bits per heavy atom. The number of rotatable bonds is 4. The highest BCUT2D eigenvalue weighted by molar-refractivity contribution is 6.33. The summed E-state index contributed by atoms with van der Waals surface area (Å²) in [7, 11) is 0. The van der Waals surface area contributed by atoms with Crippen molar-refractivity contribution in [1.29, 1.82) is 0 Å². The van der Waals surface area contributed by atoms with Crippen LogP contribution in [0.25, 0.3) is 0 Å². The average Bonchev–Trinajstić information content (AvgIpc) is 2.93. The van der Waals surface area contributed by atoms with Gasteiger partial charge in [0.05, 0.1) is 10.6 Å². The van der Waals surface area contributed by atoms with Gasteiger partial charge in [-0.3, -0.25) is 0 Å². The Kier molecular flexibility index (Phi) is 5.07. The highest BCUT2D eigenvalue weighted by Crippen LogP contribution is 2.25. The molecule has 0 radical (unpaired) electrons. The number of hydrogen-bond acceptors (Lipinski definition) is 2. The first kappa shape index (κ1) is 15.6. The Morgan fingerprint density at radius 1 is 1.38 bits per heavy atom. The van der Waals surface area contributed by atoms with Gasteiger partial charge in [0.25, 0.3) is 0 Å². The number of benzene rings is 1. The van der Waals surface area contributed by atoms with Crippen LogP contribution in [0.1, 0.15) is 43.0 Å². The summed E-state index contributed by atoms with van der Waals surface area (Å²) in [6, 6.07) is 4.54. The molecule has 1 aliphatic rings. The number of amides is 2. The summed E-state index contributed by atoms with van der Waals surface area (Å²) in [6.45, 7) is 2.61. The quantitative estimate of drug-likeness (QED) is 0.887. The summed E-state index contributed by atoms with van der Waals surface area (Å²) in [4.78, 5) is 25.0. The fourth-order valence-electron chi connectivity index (χ4n) is 2.75. The van der Waals surface area contributed by atoms with Gasteiger partial charge in [-0.15, -0.1) is 0 Å². The molecule has 0 saturated heterocycles. The summed E-state index contributed by atoms with van der Waals surface area (Å²) in [5.41, 5.74) is 0.532. The average molecular weight is 311 g/mol. The van der Waals surface area contributed by atoms with E-state index in [2.05, 4.69) is 5.32 Å². The van der Waals surface area contributed by atoms with Gasteiger partial charge in [0.2, 0.25) is 0 Å². The predicted octanol–water partition coefficient (Wildman–Crippen LogP) is 3.83. The van der Waals surface area contributed by atoms with E-state index in [1.165, 1.54) is 12.1 Å². The molecule has 0 atom stereocenters. The van der Waals surface area contributed by atoms with Gasteiger partial charge in [0.1, 0.15) is 0 Å². The second-order valence-electron chi connectivity index (χ2n) is 5.15. The van der Waals surface area contributed by atoms with E-state index in [1.807, 2.05) is 11.8 Å². The van der Waals surface area contributed by atoms with Crippen LogP contribution >= 0.6 is 11.6 Å². The molecule has 5 nitrogen and oxygen atoms in total. The minimum atomic E-state index is -1.08. The Hall–Kier alpha value is -1.75. The van der Waals surface area contributed by atoms with Gasteiger partial charge in [-0.05, 0) is 38.0 Å². The van der Waals surface area contributed by atoms with Gasteiger partial charge in [0.15, 0.2) is 0 Å². The number of aromatic carboxylic acids is 1. The molecule has 114 valence electrons. The third-order valence-electron chi connectivity index (χ3n) is 3.82. The smallest absolute Gasteiger partial charge is 0.337 e. The number of nitrogens with one attached hydrogen (secondary N) is 1. The van der Waals surface area contributed by atoms with Crippen molar-refractivity contribution in [2.45, 2.75) is 38.6 Å². The lowest BCUT2D eigenvalue weighted by molar-refractivity contribution is 0.0697. The van der Waals surface area contributed by atoms with Crippen molar-refractivity contribution < 1.29 is 14.7 Å². The number of carbonyl (C=O) groups is 2. The molecular weight excluding hydrogens is 292 g/mol. The Morgan fingerprint density at radius 3 is 2.57 bits per heavy atom. The third-order valence-corrected chi connectivity index (χ3v) is 4.13. The van der Waals surface area contributed by atoms with Crippen molar-refractivity contribution in [2.24, 2.45) is 0 Å². The molecule has 1 aliphatic carbocycles. The van der Waals surface area contributed by atoms with E-state index in [4.69, 9.17) is 16.7 Å². The summed E-state index contributed by atoms with van der Waals surface area (Å²) in [5.74, 6) is -1.08. The van der Waals surface area contributed by atoms with Crippen LogP contribution < -0.4 is 5.32 Å². The Labute approximate surface area is 128 Å². The van der Waals surface area contributed by atoms with Crippen LogP contribution in [0.4, 0.5) is 10.5 Å². The first-order valence-electron chi connectivity index (χ1n) is 7.13. The normalized spacial score (nSPS) is 15.0. The lowest BCUT2D eigenvalue weighted by Gasteiger charge is -2.27. The van der Waals surface area contributed by atoms with Gasteiger partial charge in [-0.25, -0.2) is 9.59 Å². The Bertz CT molecular complexity index is 542. The van der Waals surface area contributed by atoms with Crippen molar-refractivity contribution in [3.8, 4) is 0 Å². The summed E-state index contributed by atoms with van der Waals surface area (Å²) < 4.78 is 0. The fourth-order valence-corrected chi connectivity index (χ4v) is 3.01. The van der Waals surface area contributed by atoms with E-state index < -0.39 is 5.97 Å². The zero-order valence-electron chi connectivity index (χ0n) is 11.9. The zero-order valence-corrected chi connectivity index (χ0v) is 12.7. The lowest BCUT2D eigenvalue weighted by Crippen LogP contribution is -2.41. The van der Waals surface area contributed by atoms with E-state index in [1.54, 1.807) is 6.07 Å². The number of urea groups is 1. The van der Waals surface area contributed by atoms with Gasteiger partial charge in [-0.1, -0.05) is 24.4 Å². The number of carboxylic acids is 1. The molecule has 0 aliphatic heterocycles. The molecule has 0 bridgehead atoms. The maximum absolute atomic E-state index is 12.3. The molecule has 1 saturated carbocycles. The third kappa shape index (κ3) is 3.67. The lowest BCUT2D eigenvalue weighted by atomic mass is 10.2. The predicted molar refractivity (Wildman–Crippen MR) is 82.1 cm³/mol. The molecule has 0 heterocycles. The van der Waals surface area contributed by atoms with E-state index >= 15 is 0 Å².